The summed E-state index contributed by atoms with van der Waals surface area (Å²) >= 11 is 0. The van der Waals surface area contributed by atoms with Gasteiger partial charge in [0.05, 0.1) is 6.54 Å². The van der Waals surface area contributed by atoms with Gasteiger partial charge in [-0.25, -0.2) is 4.79 Å². The maximum Gasteiger partial charge on any atom is 0.325 e. The zero-order chi connectivity index (χ0) is 10.8. The van der Waals surface area contributed by atoms with Gasteiger partial charge in [-0.3, -0.25) is 9.69 Å². The van der Waals surface area contributed by atoms with E-state index in [9.17, 15) is 14.4 Å². The van der Waals surface area contributed by atoms with Gasteiger partial charge in [-0.15, -0.1) is 0 Å². The Kier molecular flexibility index (Phi) is 2.88. The van der Waals surface area contributed by atoms with Gasteiger partial charge in [-0.05, 0) is 12.8 Å². The molecule has 1 aliphatic rings. The Balaban J connectivity index is 2.92. The maximum atomic E-state index is 11.8. The molecular weight excluding hydrogens is 184 g/mol. The highest BCUT2D eigenvalue weighted by Gasteiger charge is 2.48. The lowest BCUT2D eigenvalue weighted by molar-refractivity contribution is -0.132. The molecule has 0 bridgehead atoms. The van der Waals surface area contributed by atoms with Crippen LogP contribution in [0, 0.1) is 0 Å². The van der Waals surface area contributed by atoms with Crippen molar-refractivity contribution in [1.82, 2.24) is 10.2 Å². The predicted octanol–water partition coefficient (Wildman–Crippen LogP) is 0.296. The highest BCUT2D eigenvalue weighted by molar-refractivity contribution is 6.08. The average molecular weight is 198 g/mol. The molecule has 1 aliphatic heterocycles. The summed E-state index contributed by atoms with van der Waals surface area (Å²) in [5.41, 5.74) is -0.792. The summed E-state index contributed by atoms with van der Waals surface area (Å²) in [7, 11) is 0. The minimum atomic E-state index is -0.792. The second-order valence-corrected chi connectivity index (χ2v) is 3.30. The average Bonchev–Trinajstić information content (AvgIpc) is 2.43. The summed E-state index contributed by atoms with van der Waals surface area (Å²) in [6.07, 6.45) is 1.64. The monoisotopic (exact) mass is 198 g/mol. The van der Waals surface area contributed by atoms with Gasteiger partial charge in [0.1, 0.15) is 11.8 Å². The lowest BCUT2D eigenvalue weighted by atomic mass is 9.93. The Labute approximate surface area is 82.4 Å². The second kappa shape index (κ2) is 3.77. The van der Waals surface area contributed by atoms with Crippen molar-refractivity contribution < 1.29 is 14.4 Å². The number of nitrogens with zero attached hydrogens (tertiary/aromatic N) is 1. The van der Waals surface area contributed by atoms with E-state index in [-0.39, 0.29) is 12.5 Å². The van der Waals surface area contributed by atoms with Crippen LogP contribution in [0.15, 0.2) is 0 Å². The summed E-state index contributed by atoms with van der Waals surface area (Å²) in [5.74, 6) is -0.292. The summed E-state index contributed by atoms with van der Waals surface area (Å²) in [6.45, 7) is 3.52. The molecule has 0 aromatic heterocycles. The van der Waals surface area contributed by atoms with Gasteiger partial charge in [0, 0.05) is 0 Å². The number of carbonyl (C=O) groups is 3. The second-order valence-electron chi connectivity index (χ2n) is 3.30. The van der Waals surface area contributed by atoms with Crippen LogP contribution in [0.1, 0.15) is 26.7 Å². The largest absolute Gasteiger partial charge is 0.325 e. The summed E-state index contributed by atoms with van der Waals surface area (Å²) in [6, 6.07) is -0.467. The number of aldehydes is 1. The first-order valence-electron chi connectivity index (χ1n) is 4.69. The van der Waals surface area contributed by atoms with Crippen molar-refractivity contribution in [3.8, 4) is 0 Å². The first-order chi connectivity index (χ1) is 6.61. The fourth-order valence-corrected chi connectivity index (χ4v) is 1.65. The topological polar surface area (TPSA) is 66.5 Å². The molecule has 1 rings (SSSR count). The molecule has 3 amide bonds. The molecule has 0 aromatic rings. The molecule has 0 aromatic carbocycles. The van der Waals surface area contributed by atoms with Crippen molar-refractivity contribution in [1.29, 1.82) is 0 Å². The number of carbonyl (C=O) groups excluding carboxylic acids is 3. The molecule has 0 unspecified atom stereocenters. The predicted molar refractivity (Wildman–Crippen MR) is 49.6 cm³/mol. The van der Waals surface area contributed by atoms with Crippen LogP contribution in [0.2, 0.25) is 0 Å². The fourth-order valence-electron chi connectivity index (χ4n) is 1.65. The minimum absolute atomic E-state index is 0.160. The van der Waals surface area contributed by atoms with Crippen molar-refractivity contribution in [2.24, 2.45) is 0 Å². The molecule has 0 atom stereocenters. The van der Waals surface area contributed by atoms with Crippen LogP contribution in [-0.2, 0) is 9.59 Å². The van der Waals surface area contributed by atoms with E-state index >= 15 is 0 Å². The number of hydrogen-bond donors (Lipinski definition) is 1. The van der Waals surface area contributed by atoms with Crippen LogP contribution in [0.4, 0.5) is 4.79 Å². The van der Waals surface area contributed by atoms with Gasteiger partial charge >= 0.3 is 6.03 Å². The van der Waals surface area contributed by atoms with E-state index in [0.29, 0.717) is 19.1 Å². The van der Waals surface area contributed by atoms with E-state index in [2.05, 4.69) is 5.32 Å². The molecule has 0 aliphatic carbocycles. The van der Waals surface area contributed by atoms with Crippen LogP contribution < -0.4 is 5.32 Å². The Hall–Kier alpha value is -1.39. The van der Waals surface area contributed by atoms with Crippen molar-refractivity contribution in [2.45, 2.75) is 32.2 Å². The lowest BCUT2D eigenvalue weighted by Crippen LogP contribution is -2.45. The minimum Gasteiger partial charge on any atom is -0.323 e. The highest BCUT2D eigenvalue weighted by atomic mass is 16.2. The fraction of sp³-hybridized carbons (Fsp3) is 0.667. The molecule has 5 nitrogen and oxygen atoms in total. The Bertz CT molecular complexity index is 271. The molecule has 78 valence electrons. The molecule has 1 heterocycles. The zero-order valence-corrected chi connectivity index (χ0v) is 8.37. The number of hydrogen-bond acceptors (Lipinski definition) is 3. The van der Waals surface area contributed by atoms with Crippen LogP contribution in [0.3, 0.4) is 0 Å². The quantitative estimate of drug-likeness (QED) is 0.521. The summed E-state index contributed by atoms with van der Waals surface area (Å²) in [4.78, 5) is 34.3. The first kappa shape index (κ1) is 10.7. The summed E-state index contributed by atoms with van der Waals surface area (Å²) in [5, 5.41) is 2.63. The van der Waals surface area contributed by atoms with E-state index in [1.807, 2.05) is 13.8 Å². The molecule has 14 heavy (non-hydrogen) atoms. The van der Waals surface area contributed by atoms with Gasteiger partial charge < -0.3 is 10.1 Å². The summed E-state index contributed by atoms with van der Waals surface area (Å²) < 4.78 is 0. The Morgan fingerprint density at radius 2 is 1.93 bits per heavy atom. The van der Waals surface area contributed by atoms with Crippen molar-refractivity contribution in [2.75, 3.05) is 6.54 Å². The number of nitrogens with one attached hydrogen (secondary N) is 1. The normalized spacial score (nSPS) is 19.7. The van der Waals surface area contributed by atoms with Crippen molar-refractivity contribution >= 4 is 18.2 Å². The number of amides is 3. The third kappa shape index (κ3) is 1.38. The van der Waals surface area contributed by atoms with Gasteiger partial charge in [-0.2, -0.15) is 0 Å². The molecule has 0 saturated carbocycles. The van der Waals surface area contributed by atoms with Crippen molar-refractivity contribution in [3.63, 3.8) is 0 Å². The van der Waals surface area contributed by atoms with Crippen LogP contribution in [0.5, 0.6) is 0 Å². The van der Waals surface area contributed by atoms with Gasteiger partial charge in [-0.1, -0.05) is 13.8 Å². The molecule has 0 radical (unpaired) electrons. The third-order valence-corrected chi connectivity index (χ3v) is 2.71. The third-order valence-electron chi connectivity index (χ3n) is 2.71. The maximum absolute atomic E-state index is 11.8. The van der Waals surface area contributed by atoms with Gasteiger partial charge in [0.2, 0.25) is 0 Å². The highest BCUT2D eigenvalue weighted by Crippen LogP contribution is 2.24. The smallest absolute Gasteiger partial charge is 0.323 e. The van der Waals surface area contributed by atoms with E-state index in [0.717, 1.165) is 4.90 Å². The first-order valence-corrected chi connectivity index (χ1v) is 4.69. The standard InChI is InChI=1S/C9H14N2O3/c1-3-9(4-2)7(13)11(5-6-12)8(14)10-9/h6H,3-5H2,1-2H3,(H,10,14). The number of rotatable bonds is 4. The molecule has 5 heteroatoms. The van der Waals surface area contributed by atoms with Crippen LogP contribution in [-0.4, -0.2) is 35.2 Å². The molecular formula is C9H14N2O3. The van der Waals surface area contributed by atoms with E-state index in [1.54, 1.807) is 0 Å². The molecule has 1 saturated heterocycles. The van der Waals surface area contributed by atoms with Gasteiger partial charge in [0.25, 0.3) is 5.91 Å². The van der Waals surface area contributed by atoms with E-state index in [1.165, 1.54) is 0 Å². The number of imide groups is 1. The number of urea groups is 1. The molecule has 1 N–H and O–H groups in total. The zero-order valence-electron chi connectivity index (χ0n) is 8.37. The van der Waals surface area contributed by atoms with Gasteiger partial charge in [0.15, 0.2) is 0 Å². The van der Waals surface area contributed by atoms with E-state index in [4.69, 9.17) is 0 Å². The lowest BCUT2D eigenvalue weighted by Gasteiger charge is -2.22. The van der Waals surface area contributed by atoms with Crippen molar-refractivity contribution in [3.05, 3.63) is 0 Å². The van der Waals surface area contributed by atoms with Crippen LogP contribution in [0.25, 0.3) is 0 Å². The SMILES string of the molecule is CCC1(CC)NC(=O)N(CC=O)C1=O. The molecule has 1 fully saturated rings. The Morgan fingerprint density at radius 1 is 1.36 bits per heavy atom. The Morgan fingerprint density at radius 3 is 2.29 bits per heavy atom. The molecule has 0 spiro atoms. The van der Waals surface area contributed by atoms with E-state index < -0.39 is 11.6 Å². The van der Waals surface area contributed by atoms with Crippen LogP contribution >= 0.6 is 0 Å².